The van der Waals surface area contributed by atoms with Gasteiger partial charge in [-0.3, -0.25) is 4.98 Å². The van der Waals surface area contributed by atoms with Gasteiger partial charge in [0, 0.05) is 16.7 Å². The van der Waals surface area contributed by atoms with Gasteiger partial charge in [0.2, 0.25) is 0 Å². The lowest BCUT2D eigenvalue weighted by molar-refractivity contribution is 0.570. The Morgan fingerprint density at radius 1 is 0.444 bits per heavy atom. The van der Waals surface area contributed by atoms with Crippen LogP contribution in [0.2, 0.25) is 0 Å². The largest absolute Gasteiger partial charge is 0.252 e. The van der Waals surface area contributed by atoms with Crippen molar-refractivity contribution in [3.63, 3.8) is 0 Å². The van der Waals surface area contributed by atoms with Crippen LogP contribution in [0, 0.1) is 0 Å². The molecule has 0 aliphatic rings. The van der Waals surface area contributed by atoms with Crippen LogP contribution in [0.4, 0.5) is 0 Å². The number of nitrogens with zero attached hydrogens (tertiary/aromatic N) is 1. The first-order valence-corrected chi connectivity index (χ1v) is 12.6. The van der Waals surface area contributed by atoms with E-state index in [4.69, 9.17) is 4.98 Å². The first kappa shape index (κ1) is 22.2. The van der Waals surface area contributed by atoms with E-state index in [-0.39, 0.29) is 5.41 Å². The molecule has 174 valence electrons. The number of hydrogen-bond donors (Lipinski definition) is 0. The molecule has 0 aliphatic carbocycles. The summed E-state index contributed by atoms with van der Waals surface area (Å²) in [7, 11) is 0. The zero-order valence-corrected chi connectivity index (χ0v) is 21.0. The Morgan fingerprint density at radius 2 is 0.972 bits per heavy atom. The monoisotopic (exact) mass is 463 g/mol. The van der Waals surface area contributed by atoms with E-state index in [1.54, 1.807) is 0 Å². The molecule has 0 atom stereocenters. The summed E-state index contributed by atoms with van der Waals surface area (Å²) in [6.07, 6.45) is 0. The Morgan fingerprint density at radius 3 is 1.56 bits per heavy atom. The summed E-state index contributed by atoms with van der Waals surface area (Å²) in [5.74, 6) is 0. The molecule has 5 aromatic carbocycles. The minimum Gasteiger partial charge on any atom is -0.252 e. The molecule has 0 amide bonds. The van der Waals surface area contributed by atoms with E-state index in [9.17, 15) is 0 Å². The summed E-state index contributed by atoms with van der Waals surface area (Å²) in [6, 6.07) is 43.6. The summed E-state index contributed by atoms with van der Waals surface area (Å²) < 4.78 is 0. The molecule has 1 heteroatoms. The molecular formula is C35H29N. The minimum absolute atomic E-state index is 0.00125. The van der Waals surface area contributed by atoms with Crippen LogP contribution in [-0.2, 0) is 5.41 Å². The first-order chi connectivity index (χ1) is 17.5. The Labute approximate surface area is 213 Å². The Hall–Kier alpha value is -4.23. The fraction of sp³-hybridized carbons (Fsp3) is 0.114. The van der Waals surface area contributed by atoms with Crippen LogP contribution in [-0.4, -0.2) is 4.98 Å². The molecule has 0 N–H and O–H groups in total. The Kier molecular flexibility index (Phi) is 5.42. The van der Waals surface area contributed by atoms with Crippen molar-refractivity contribution in [1.82, 2.24) is 4.98 Å². The number of benzene rings is 5. The van der Waals surface area contributed by atoms with Crippen molar-refractivity contribution in [2.75, 3.05) is 0 Å². The van der Waals surface area contributed by atoms with Crippen molar-refractivity contribution in [1.29, 1.82) is 0 Å². The number of aromatic nitrogens is 1. The fourth-order valence-electron chi connectivity index (χ4n) is 5.18. The van der Waals surface area contributed by atoms with Crippen LogP contribution in [0.25, 0.3) is 55.1 Å². The molecule has 6 rings (SSSR count). The SMILES string of the molecule is CC(C)(C)c1cccc(-c2ccc3c(-c4ccccc4)c4ccccc4c(-c4ccccc4)c3c2)n1. The van der Waals surface area contributed by atoms with Gasteiger partial charge in [0.05, 0.1) is 5.69 Å². The molecule has 36 heavy (non-hydrogen) atoms. The third kappa shape index (κ3) is 3.87. The second-order valence-corrected chi connectivity index (χ2v) is 10.4. The van der Waals surface area contributed by atoms with Crippen LogP contribution in [0.1, 0.15) is 26.5 Å². The second-order valence-electron chi connectivity index (χ2n) is 10.4. The predicted octanol–water partition coefficient (Wildman–Crippen LogP) is 9.69. The van der Waals surface area contributed by atoms with Crippen LogP contribution >= 0.6 is 0 Å². The standard InChI is InChI=1S/C35H29N/c1-35(2,3)32-20-12-19-31(36-32)26-21-22-29-30(23-26)34(25-15-8-5-9-16-25)28-18-11-10-17-27(28)33(29)24-13-6-4-7-14-24/h4-23H,1-3H3. The highest BCUT2D eigenvalue weighted by Crippen LogP contribution is 2.44. The minimum atomic E-state index is -0.00125. The van der Waals surface area contributed by atoms with Crippen LogP contribution in [0.3, 0.4) is 0 Å². The lowest BCUT2D eigenvalue weighted by atomic mass is 9.85. The highest BCUT2D eigenvalue weighted by atomic mass is 14.7. The van der Waals surface area contributed by atoms with Gasteiger partial charge in [-0.25, -0.2) is 0 Å². The summed E-state index contributed by atoms with van der Waals surface area (Å²) in [4.78, 5) is 5.07. The molecule has 0 bridgehead atoms. The van der Waals surface area contributed by atoms with Gasteiger partial charge in [-0.1, -0.05) is 124 Å². The van der Waals surface area contributed by atoms with Crippen molar-refractivity contribution in [3.05, 3.63) is 127 Å². The molecule has 0 saturated carbocycles. The van der Waals surface area contributed by atoms with E-state index >= 15 is 0 Å². The third-order valence-electron chi connectivity index (χ3n) is 6.96. The number of rotatable bonds is 3. The fourth-order valence-corrected chi connectivity index (χ4v) is 5.18. The molecule has 0 spiro atoms. The number of fused-ring (bicyclic) bond motifs is 2. The molecular weight excluding hydrogens is 434 g/mol. The molecule has 0 aliphatic heterocycles. The lowest BCUT2D eigenvalue weighted by Crippen LogP contribution is -2.13. The molecule has 1 aromatic heterocycles. The maximum atomic E-state index is 5.07. The van der Waals surface area contributed by atoms with Gasteiger partial charge < -0.3 is 0 Å². The van der Waals surface area contributed by atoms with E-state index < -0.39 is 0 Å². The molecule has 0 saturated heterocycles. The van der Waals surface area contributed by atoms with E-state index in [0.717, 1.165) is 17.0 Å². The van der Waals surface area contributed by atoms with Gasteiger partial charge in [0.1, 0.15) is 0 Å². The van der Waals surface area contributed by atoms with Crippen LogP contribution in [0.15, 0.2) is 121 Å². The van der Waals surface area contributed by atoms with Crippen LogP contribution < -0.4 is 0 Å². The third-order valence-corrected chi connectivity index (χ3v) is 6.96. The van der Waals surface area contributed by atoms with Crippen molar-refractivity contribution in [2.24, 2.45) is 0 Å². The van der Waals surface area contributed by atoms with E-state index in [1.807, 2.05) is 0 Å². The molecule has 0 fully saturated rings. The molecule has 0 radical (unpaired) electrons. The molecule has 1 nitrogen and oxygen atoms in total. The predicted molar refractivity (Wildman–Crippen MR) is 154 cm³/mol. The lowest BCUT2D eigenvalue weighted by Gasteiger charge is -2.20. The number of pyridine rings is 1. The maximum Gasteiger partial charge on any atom is 0.0705 e. The van der Waals surface area contributed by atoms with Crippen LogP contribution in [0.5, 0.6) is 0 Å². The average Bonchev–Trinajstić information content (AvgIpc) is 2.92. The van der Waals surface area contributed by atoms with E-state index in [0.29, 0.717) is 0 Å². The quantitative estimate of drug-likeness (QED) is 0.238. The van der Waals surface area contributed by atoms with E-state index in [2.05, 4.69) is 142 Å². The highest BCUT2D eigenvalue weighted by molar-refractivity contribution is 6.21. The Balaban J connectivity index is 1.73. The Bertz CT molecular complexity index is 1690. The summed E-state index contributed by atoms with van der Waals surface area (Å²) in [6.45, 7) is 6.64. The normalized spacial score (nSPS) is 11.8. The van der Waals surface area contributed by atoms with Gasteiger partial charge in [-0.05, 0) is 62.0 Å². The summed E-state index contributed by atoms with van der Waals surface area (Å²) in [5.41, 5.74) is 8.27. The maximum absolute atomic E-state index is 5.07. The van der Waals surface area contributed by atoms with Crippen molar-refractivity contribution in [2.45, 2.75) is 26.2 Å². The molecule has 1 heterocycles. The second kappa shape index (κ2) is 8.77. The summed E-state index contributed by atoms with van der Waals surface area (Å²) >= 11 is 0. The van der Waals surface area contributed by atoms with Crippen molar-refractivity contribution < 1.29 is 0 Å². The number of hydrogen-bond acceptors (Lipinski definition) is 1. The van der Waals surface area contributed by atoms with Gasteiger partial charge in [-0.2, -0.15) is 0 Å². The summed E-state index contributed by atoms with van der Waals surface area (Å²) in [5, 5.41) is 5.05. The average molecular weight is 464 g/mol. The van der Waals surface area contributed by atoms with E-state index in [1.165, 1.54) is 43.8 Å². The van der Waals surface area contributed by atoms with Crippen molar-refractivity contribution >= 4 is 21.5 Å². The van der Waals surface area contributed by atoms with Gasteiger partial charge in [0.15, 0.2) is 0 Å². The molecule has 0 unspecified atom stereocenters. The topological polar surface area (TPSA) is 12.9 Å². The first-order valence-electron chi connectivity index (χ1n) is 12.6. The zero-order valence-electron chi connectivity index (χ0n) is 21.0. The van der Waals surface area contributed by atoms with Gasteiger partial charge >= 0.3 is 0 Å². The van der Waals surface area contributed by atoms with Gasteiger partial charge in [0.25, 0.3) is 0 Å². The van der Waals surface area contributed by atoms with Crippen molar-refractivity contribution in [3.8, 4) is 33.5 Å². The van der Waals surface area contributed by atoms with Gasteiger partial charge in [-0.15, -0.1) is 0 Å². The smallest absolute Gasteiger partial charge is 0.0705 e. The zero-order chi connectivity index (χ0) is 24.7. The highest BCUT2D eigenvalue weighted by Gasteiger charge is 2.19. The molecule has 6 aromatic rings.